The summed E-state index contributed by atoms with van der Waals surface area (Å²) in [5.41, 5.74) is 1.35. The SMILES string of the molecule is COc1ccc(CN(C(=O)COc2ccc(Cl)cc2)c2ccc([N+](=O)[O-])cc2)cc1. The Hall–Kier alpha value is -3.58. The molecule has 0 N–H and O–H groups in total. The molecule has 7 nitrogen and oxygen atoms in total. The Kier molecular flexibility index (Phi) is 6.87. The molecule has 0 aliphatic heterocycles. The van der Waals surface area contributed by atoms with Crippen molar-refractivity contribution in [1.29, 1.82) is 0 Å². The molecule has 3 aromatic carbocycles. The quantitative estimate of drug-likeness (QED) is 0.379. The predicted molar refractivity (Wildman–Crippen MR) is 114 cm³/mol. The Labute approximate surface area is 178 Å². The Balaban J connectivity index is 1.80. The molecule has 0 fully saturated rings. The number of halogens is 1. The summed E-state index contributed by atoms with van der Waals surface area (Å²) in [7, 11) is 1.58. The molecule has 0 bridgehead atoms. The third-order valence-electron chi connectivity index (χ3n) is 4.35. The zero-order chi connectivity index (χ0) is 21.5. The Bertz CT molecular complexity index is 1010. The maximum Gasteiger partial charge on any atom is 0.269 e. The van der Waals surface area contributed by atoms with Crippen LogP contribution >= 0.6 is 11.6 Å². The van der Waals surface area contributed by atoms with Crippen molar-refractivity contribution in [2.75, 3.05) is 18.6 Å². The van der Waals surface area contributed by atoms with Gasteiger partial charge in [0, 0.05) is 22.8 Å². The molecule has 3 aromatic rings. The first-order chi connectivity index (χ1) is 14.5. The summed E-state index contributed by atoms with van der Waals surface area (Å²) < 4.78 is 10.7. The van der Waals surface area contributed by atoms with E-state index >= 15 is 0 Å². The number of ether oxygens (including phenoxy) is 2. The largest absolute Gasteiger partial charge is 0.497 e. The van der Waals surface area contributed by atoms with Crippen molar-refractivity contribution in [3.05, 3.63) is 93.5 Å². The normalized spacial score (nSPS) is 10.3. The number of nitro benzene ring substituents is 1. The number of methoxy groups -OCH3 is 1. The second-order valence-corrected chi connectivity index (χ2v) is 6.78. The van der Waals surface area contributed by atoms with Gasteiger partial charge in [0.05, 0.1) is 18.6 Å². The fraction of sp³-hybridized carbons (Fsp3) is 0.136. The van der Waals surface area contributed by atoms with Crippen LogP contribution in [0.15, 0.2) is 72.8 Å². The molecule has 0 radical (unpaired) electrons. The number of benzene rings is 3. The maximum absolute atomic E-state index is 12.9. The van der Waals surface area contributed by atoms with Gasteiger partial charge in [-0.25, -0.2) is 0 Å². The van der Waals surface area contributed by atoms with Gasteiger partial charge in [0.1, 0.15) is 11.5 Å². The number of hydrogen-bond donors (Lipinski definition) is 0. The molecule has 30 heavy (non-hydrogen) atoms. The monoisotopic (exact) mass is 426 g/mol. The minimum atomic E-state index is -0.483. The fourth-order valence-corrected chi connectivity index (χ4v) is 2.87. The molecule has 0 heterocycles. The van der Waals surface area contributed by atoms with Crippen LogP contribution in [0.1, 0.15) is 5.56 Å². The van der Waals surface area contributed by atoms with Crippen molar-refractivity contribution in [3.8, 4) is 11.5 Å². The number of nitro groups is 1. The highest BCUT2D eigenvalue weighted by Crippen LogP contribution is 2.23. The first-order valence-corrected chi connectivity index (χ1v) is 9.40. The standard InChI is InChI=1S/C22H19ClN2O5/c1-29-20-10-2-16(3-11-20)14-24(18-6-8-19(9-7-18)25(27)28)22(26)15-30-21-12-4-17(23)5-13-21/h2-13H,14-15H2,1H3. The molecule has 1 amide bonds. The summed E-state index contributed by atoms with van der Waals surface area (Å²) in [5, 5.41) is 11.5. The highest BCUT2D eigenvalue weighted by Gasteiger charge is 2.18. The van der Waals surface area contributed by atoms with Crippen LogP contribution in [0.3, 0.4) is 0 Å². The minimum absolute atomic E-state index is 0.0481. The zero-order valence-corrected chi connectivity index (χ0v) is 16.9. The van der Waals surface area contributed by atoms with Gasteiger partial charge in [-0.2, -0.15) is 0 Å². The number of anilines is 1. The number of amides is 1. The molecule has 0 saturated carbocycles. The number of carbonyl (C=O) groups excluding carboxylic acids is 1. The summed E-state index contributed by atoms with van der Waals surface area (Å²) in [6, 6.07) is 19.8. The van der Waals surface area contributed by atoms with Gasteiger partial charge in [-0.05, 0) is 54.1 Å². The van der Waals surface area contributed by atoms with E-state index in [0.717, 1.165) is 5.56 Å². The van der Waals surface area contributed by atoms with E-state index in [9.17, 15) is 14.9 Å². The molecule has 0 aromatic heterocycles. The van der Waals surface area contributed by atoms with Crippen LogP contribution in [-0.4, -0.2) is 24.5 Å². The lowest BCUT2D eigenvalue weighted by Crippen LogP contribution is -2.34. The molecular weight excluding hydrogens is 408 g/mol. The lowest BCUT2D eigenvalue weighted by atomic mass is 10.1. The Morgan fingerprint density at radius 2 is 1.57 bits per heavy atom. The number of hydrogen-bond acceptors (Lipinski definition) is 5. The van der Waals surface area contributed by atoms with Gasteiger partial charge in [-0.15, -0.1) is 0 Å². The Morgan fingerprint density at radius 3 is 2.13 bits per heavy atom. The highest BCUT2D eigenvalue weighted by molar-refractivity contribution is 6.30. The van der Waals surface area contributed by atoms with Crippen molar-refractivity contribution in [3.63, 3.8) is 0 Å². The van der Waals surface area contributed by atoms with Gasteiger partial charge in [0.15, 0.2) is 6.61 Å². The first kappa shape index (κ1) is 21.1. The van der Waals surface area contributed by atoms with E-state index in [1.807, 2.05) is 12.1 Å². The van der Waals surface area contributed by atoms with Crippen LogP contribution in [0, 0.1) is 10.1 Å². The summed E-state index contributed by atoms with van der Waals surface area (Å²) >= 11 is 5.86. The van der Waals surface area contributed by atoms with E-state index in [0.29, 0.717) is 22.2 Å². The van der Waals surface area contributed by atoms with Crippen molar-refractivity contribution in [2.45, 2.75) is 6.54 Å². The van der Waals surface area contributed by atoms with Crippen LogP contribution in [0.4, 0.5) is 11.4 Å². The molecule has 0 spiro atoms. The molecule has 0 atom stereocenters. The fourth-order valence-electron chi connectivity index (χ4n) is 2.75. The van der Waals surface area contributed by atoms with E-state index < -0.39 is 4.92 Å². The summed E-state index contributed by atoms with van der Waals surface area (Å²) in [4.78, 5) is 24.9. The van der Waals surface area contributed by atoms with Crippen molar-refractivity contribution in [2.24, 2.45) is 0 Å². The van der Waals surface area contributed by atoms with Crippen LogP contribution in [0.5, 0.6) is 11.5 Å². The summed E-state index contributed by atoms with van der Waals surface area (Å²) in [6.45, 7) is 0.0688. The molecule has 0 aliphatic rings. The van der Waals surface area contributed by atoms with Crippen LogP contribution in [0.25, 0.3) is 0 Å². The first-order valence-electron chi connectivity index (χ1n) is 9.02. The van der Waals surface area contributed by atoms with Gasteiger partial charge < -0.3 is 14.4 Å². The van der Waals surface area contributed by atoms with Crippen LogP contribution in [-0.2, 0) is 11.3 Å². The molecule has 3 rings (SSSR count). The van der Waals surface area contributed by atoms with E-state index in [4.69, 9.17) is 21.1 Å². The predicted octanol–water partition coefficient (Wildman–Crippen LogP) is 4.87. The van der Waals surface area contributed by atoms with Gasteiger partial charge in [-0.3, -0.25) is 14.9 Å². The molecular formula is C22H19ClN2O5. The number of non-ortho nitro benzene ring substituents is 1. The number of carbonyl (C=O) groups is 1. The number of nitrogens with zero attached hydrogens (tertiary/aromatic N) is 2. The maximum atomic E-state index is 12.9. The smallest absolute Gasteiger partial charge is 0.269 e. The summed E-state index contributed by atoms with van der Waals surface area (Å²) in [5.74, 6) is 0.925. The van der Waals surface area contributed by atoms with Gasteiger partial charge >= 0.3 is 0 Å². The molecule has 0 saturated heterocycles. The lowest BCUT2D eigenvalue weighted by Gasteiger charge is -2.23. The van der Waals surface area contributed by atoms with Crippen molar-refractivity contribution in [1.82, 2.24) is 0 Å². The third-order valence-corrected chi connectivity index (χ3v) is 4.60. The van der Waals surface area contributed by atoms with Crippen LogP contribution < -0.4 is 14.4 Å². The average Bonchev–Trinajstić information content (AvgIpc) is 2.77. The van der Waals surface area contributed by atoms with E-state index in [2.05, 4.69) is 0 Å². The van der Waals surface area contributed by atoms with E-state index in [-0.39, 0.29) is 24.7 Å². The van der Waals surface area contributed by atoms with Crippen LogP contribution in [0.2, 0.25) is 5.02 Å². The average molecular weight is 427 g/mol. The molecule has 8 heteroatoms. The van der Waals surface area contributed by atoms with Crippen molar-refractivity contribution < 1.29 is 19.2 Å². The third kappa shape index (κ3) is 5.48. The van der Waals surface area contributed by atoms with Gasteiger partial charge in [0.25, 0.3) is 11.6 Å². The highest BCUT2D eigenvalue weighted by atomic mass is 35.5. The van der Waals surface area contributed by atoms with Gasteiger partial charge in [0.2, 0.25) is 0 Å². The zero-order valence-electron chi connectivity index (χ0n) is 16.2. The molecule has 0 unspecified atom stereocenters. The summed E-state index contributed by atoms with van der Waals surface area (Å²) in [6.07, 6.45) is 0. The second kappa shape index (κ2) is 9.76. The molecule has 154 valence electrons. The van der Waals surface area contributed by atoms with E-state index in [1.54, 1.807) is 55.6 Å². The lowest BCUT2D eigenvalue weighted by molar-refractivity contribution is -0.384. The van der Waals surface area contributed by atoms with E-state index in [1.165, 1.54) is 17.0 Å². The molecule has 0 aliphatic carbocycles. The Morgan fingerprint density at radius 1 is 0.967 bits per heavy atom. The second-order valence-electron chi connectivity index (χ2n) is 6.34. The minimum Gasteiger partial charge on any atom is -0.497 e. The van der Waals surface area contributed by atoms with Gasteiger partial charge in [-0.1, -0.05) is 23.7 Å². The topological polar surface area (TPSA) is 81.9 Å². The van der Waals surface area contributed by atoms with Crippen molar-refractivity contribution >= 4 is 28.9 Å². The number of rotatable bonds is 8.